The van der Waals surface area contributed by atoms with Crippen LogP contribution < -0.4 is 4.74 Å². The van der Waals surface area contributed by atoms with Crippen molar-refractivity contribution in [3.63, 3.8) is 0 Å². The third-order valence-electron chi connectivity index (χ3n) is 2.51. The smallest absolute Gasteiger partial charge is 0.420 e. The fourth-order valence-electron chi connectivity index (χ4n) is 1.33. The molecule has 0 spiro atoms. The molecule has 0 aliphatic heterocycles. The van der Waals surface area contributed by atoms with E-state index in [2.05, 4.69) is 0 Å². The molecule has 0 radical (unpaired) electrons. The van der Waals surface area contributed by atoms with Gasteiger partial charge in [0.1, 0.15) is 5.56 Å². The van der Waals surface area contributed by atoms with Crippen molar-refractivity contribution in [1.29, 1.82) is 0 Å². The fraction of sp³-hybridized carbons (Fsp3) is 0.455. The van der Waals surface area contributed by atoms with Gasteiger partial charge in [-0.1, -0.05) is 6.92 Å². The van der Waals surface area contributed by atoms with E-state index in [1.807, 2.05) is 0 Å². The molecule has 0 amide bonds. The Balaban J connectivity index is 3.52. The fourth-order valence-corrected chi connectivity index (χ4v) is 1.85. The lowest BCUT2D eigenvalue weighted by Gasteiger charge is -2.19. The van der Waals surface area contributed by atoms with E-state index < -0.39 is 44.4 Å². The Morgan fingerprint density at radius 2 is 1.90 bits per heavy atom. The predicted molar refractivity (Wildman–Crippen MR) is 61.6 cm³/mol. The first-order valence-electron chi connectivity index (χ1n) is 5.51. The lowest BCUT2D eigenvalue weighted by Crippen LogP contribution is -2.17. The largest absolute Gasteiger partial charge is 0.487 e. The number of hydrogen-bond donors (Lipinski definition) is 1. The molecule has 4 nitrogen and oxygen atoms in total. The number of alkyl halides is 3. The third-order valence-corrected chi connectivity index (χ3v) is 3.35. The van der Waals surface area contributed by atoms with Crippen LogP contribution in [0.1, 0.15) is 25.8 Å². The number of ether oxygens (including phenoxy) is 1. The van der Waals surface area contributed by atoms with E-state index in [1.54, 1.807) is 6.92 Å². The Morgan fingerprint density at radius 3 is 2.30 bits per heavy atom. The summed E-state index contributed by atoms with van der Waals surface area (Å²) in [5, 5.41) is 0. The molecule has 1 rings (SSSR count). The van der Waals surface area contributed by atoms with Gasteiger partial charge in [-0.15, -0.1) is 0 Å². The first-order chi connectivity index (χ1) is 8.96. The van der Waals surface area contributed by atoms with Crippen LogP contribution in [0.3, 0.4) is 0 Å². The summed E-state index contributed by atoms with van der Waals surface area (Å²) in [7, 11) is -4.95. The van der Waals surface area contributed by atoms with Gasteiger partial charge in [0.2, 0.25) is 0 Å². The van der Waals surface area contributed by atoms with Crippen molar-refractivity contribution in [1.82, 2.24) is 0 Å². The molecule has 0 aliphatic rings. The van der Waals surface area contributed by atoms with Crippen molar-refractivity contribution < 1.29 is 35.3 Å². The number of halogens is 4. The van der Waals surface area contributed by atoms with Crippen LogP contribution in [0.5, 0.6) is 5.75 Å². The van der Waals surface area contributed by atoms with Crippen LogP contribution in [0.2, 0.25) is 0 Å². The highest BCUT2D eigenvalue weighted by molar-refractivity contribution is 7.85. The van der Waals surface area contributed by atoms with Crippen LogP contribution in [0.25, 0.3) is 0 Å². The van der Waals surface area contributed by atoms with E-state index in [-0.39, 0.29) is 12.1 Å². The lowest BCUT2D eigenvalue weighted by molar-refractivity contribution is -0.139. The number of benzene rings is 1. The molecule has 1 aromatic rings. The molecule has 0 heterocycles. The molecule has 9 heteroatoms. The van der Waals surface area contributed by atoms with Gasteiger partial charge in [-0.2, -0.15) is 21.6 Å². The van der Waals surface area contributed by atoms with Crippen molar-refractivity contribution in [2.75, 3.05) is 0 Å². The maximum absolute atomic E-state index is 13.7. The molecule has 1 N–H and O–H groups in total. The summed E-state index contributed by atoms with van der Waals surface area (Å²) in [6, 6.07) is 0.415. The summed E-state index contributed by atoms with van der Waals surface area (Å²) < 4.78 is 87.4. The Bertz CT molecular complexity index is 595. The van der Waals surface area contributed by atoms with Crippen molar-refractivity contribution in [2.45, 2.75) is 37.4 Å². The summed E-state index contributed by atoms with van der Waals surface area (Å²) in [6.07, 6.45) is -5.39. The van der Waals surface area contributed by atoms with Crippen molar-refractivity contribution in [3.05, 3.63) is 23.5 Å². The van der Waals surface area contributed by atoms with Crippen molar-refractivity contribution in [3.8, 4) is 5.75 Å². The Labute approximate surface area is 113 Å². The zero-order valence-corrected chi connectivity index (χ0v) is 11.3. The maximum Gasteiger partial charge on any atom is 0.420 e. The van der Waals surface area contributed by atoms with Gasteiger partial charge >= 0.3 is 6.18 Å². The average molecular weight is 316 g/mol. The number of hydrogen-bond acceptors (Lipinski definition) is 3. The van der Waals surface area contributed by atoms with Gasteiger partial charge in [-0.05, 0) is 25.5 Å². The Hall–Kier alpha value is -1.35. The minimum atomic E-state index is -5.02. The molecule has 0 saturated carbocycles. The lowest BCUT2D eigenvalue weighted by atomic mass is 10.1. The first-order valence-corrected chi connectivity index (χ1v) is 6.95. The van der Waals surface area contributed by atoms with Gasteiger partial charge in [0.15, 0.2) is 11.6 Å². The van der Waals surface area contributed by atoms with Gasteiger partial charge < -0.3 is 4.74 Å². The molecular weight excluding hydrogens is 304 g/mol. The molecule has 1 atom stereocenters. The highest BCUT2D eigenvalue weighted by atomic mass is 32.2. The number of rotatable bonds is 4. The molecule has 0 aromatic heterocycles. The van der Waals surface area contributed by atoms with E-state index >= 15 is 0 Å². The van der Waals surface area contributed by atoms with Gasteiger partial charge in [0.25, 0.3) is 10.1 Å². The highest BCUT2D eigenvalue weighted by Gasteiger charge is 2.38. The summed E-state index contributed by atoms with van der Waals surface area (Å²) in [5.74, 6) is -2.59. The quantitative estimate of drug-likeness (QED) is 0.684. The molecule has 0 bridgehead atoms. The summed E-state index contributed by atoms with van der Waals surface area (Å²) >= 11 is 0. The zero-order chi connectivity index (χ0) is 15.7. The molecule has 0 fully saturated rings. The van der Waals surface area contributed by atoms with Crippen LogP contribution in [0, 0.1) is 5.82 Å². The Morgan fingerprint density at radius 1 is 1.35 bits per heavy atom. The molecule has 1 unspecified atom stereocenters. The van der Waals surface area contributed by atoms with Crippen LogP contribution >= 0.6 is 0 Å². The van der Waals surface area contributed by atoms with Crippen LogP contribution in [0.15, 0.2) is 17.0 Å². The summed E-state index contributed by atoms with van der Waals surface area (Å²) in [5.41, 5.74) is -1.59. The van der Waals surface area contributed by atoms with E-state index in [0.717, 1.165) is 0 Å². The highest BCUT2D eigenvalue weighted by Crippen LogP contribution is 2.39. The Kier molecular flexibility index (Phi) is 4.65. The summed E-state index contributed by atoms with van der Waals surface area (Å²) in [4.78, 5) is -1.18. The van der Waals surface area contributed by atoms with Crippen LogP contribution in [-0.2, 0) is 16.3 Å². The van der Waals surface area contributed by atoms with Gasteiger partial charge in [-0.3, -0.25) is 4.55 Å². The standard InChI is InChI=1S/C11H12F4O4S/c1-3-6(2)19-10-8(11(13,14)15)4-7(5-9(10)12)20(16,17)18/h4-6H,3H2,1-2H3,(H,16,17,18). The van der Waals surface area contributed by atoms with Gasteiger partial charge in [-0.25, -0.2) is 4.39 Å². The minimum absolute atomic E-state index is 0.135. The van der Waals surface area contributed by atoms with Gasteiger partial charge in [0.05, 0.1) is 11.0 Å². The zero-order valence-electron chi connectivity index (χ0n) is 10.5. The van der Waals surface area contributed by atoms with Crippen LogP contribution in [0.4, 0.5) is 17.6 Å². The van der Waals surface area contributed by atoms with Gasteiger partial charge in [0, 0.05) is 0 Å². The van der Waals surface area contributed by atoms with Crippen molar-refractivity contribution in [2.24, 2.45) is 0 Å². The topological polar surface area (TPSA) is 63.6 Å². The molecule has 20 heavy (non-hydrogen) atoms. The van der Waals surface area contributed by atoms with E-state index in [9.17, 15) is 26.0 Å². The minimum Gasteiger partial charge on any atom is -0.487 e. The maximum atomic E-state index is 13.7. The first kappa shape index (κ1) is 16.7. The van der Waals surface area contributed by atoms with Crippen LogP contribution in [-0.4, -0.2) is 19.1 Å². The normalized spacial score (nSPS) is 14.2. The average Bonchev–Trinajstić information content (AvgIpc) is 2.28. The molecule has 114 valence electrons. The van der Waals surface area contributed by atoms with Crippen molar-refractivity contribution >= 4 is 10.1 Å². The molecule has 1 aromatic carbocycles. The molecule has 0 aliphatic carbocycles. The second-order valence-corrected chi connectivity index (χ2v) is 5.51. The second kappa shape index (κ2) is 5.57. The third kappa shape index (κ3) is 3.83. The van der Waals surface area contributed by atoms with E-state index in [0.29, 0.717) is 6.42 Å². The molecule has 0 saturated heterocycles. The van der Waals surface area contributed by atoms with E-state index in [4.69, 9.17) is 9.29 Å². The monoisotopic (exact) mass is 316 g/mol. The second-order valence-electron chi connectivity index (χ2n) is 4.09. The molecular formula is C11H12F4O4S. The SMILES string of the molecule is CCC(C)Oc1c(F)cc(S(=O)(=O)O)cc1C(F)(F)F. The predicted octanol–water partition coefficient (Wildman–Crippen LogP) is 3.27. The summed E-state index contributed by atoms with van der Waals surface area (Å²) in [6.45, 7) is 3.07. The van der Waals surface area contributed by atoms with E-state index in [1.165, 1.54) is 6.92 Å².